The van der Waals surface area contributed by atoms with Crippen LogP contribution in [0.15, 0.2) is 53.6 Å². The van der Waals surface area contributed by atoms with Gasteiger partial charge in [-0.05, 0) is 36.2 Å². The van der Waals surface area contributed by atoms with Crippen LogP contribution in [0.3, 0.4) is 0 Å². The Morgan fingerprint density at radius 1 is 1.12 bits per heavy atom. The molecule has 0 radical (unpaired) electrons. The van der Waals surface area contributed by atoms with Crippen molar-refractivity contribution in [1.82, 2.24) is 10.7 Å². The van der Waals surface area contributed by atoms with Gasteiger partial charge in [0.2, 0.25) is 0 Å². The van der Waals surface area contributed by atoms with Gasteiger partial charge in [0.1, 0.15) is 11.9 Å². The normalized spacial score (nSPS) is 12.2. The second-order valence-corrected chi connectivity index (χ2v) is 6.37. The fraction of sp³-hybridized carbons (Fsp3) is 0.211. The molecule has 26 heavy (non-hydrogen) atoms. The monoisotopic (exact) mass is 375 g/mol. The summed E-state index contributed by atoms with van der Waals surface area (Å²) in [7, 11) is 0. The van der Waals surface area contributed by atoms with Crippen molar-refractivity contribution in [2.45, 2.75) is 19.9 Å². The molecule has 2 N–H and O–H groups in total. The Bertz CT molecular complexity index is 807. The zero-order valence-corrected chi connectivity index (χ0v) is 15.1. The van der Waals surface area contributed by atoms with Crippen LogP contribution in [0.25, 0.3) is 0 Å². The Labute approximate surface area is 156 Å². The maximum Gasteiger partial charge on any atom is 0.262 e. The van der Waals surface area contributed by atoms with Gasteiger partial charge in [-0.1, -0.05) is 43.6 Å². The Kier molecular flexibility index (Phi) is 6.86. The summed E-state index contributed by atoms with van der Waals surface area (Å²) in [6.07, 6.45) is 1.43. The van der Waals surface area contributed by atoms with Crippen molar-refractivity contribution in [3.05, 3.63) is 70.5 Å². The van der Waals surface area contributed by atoms with Gasteiger partial charge in [-0.2, -0.15) is 5.10 Å². The minimum atomic E-state index is -0.795. The first kappa shape index (κ1) is 19.6. The van der Waals surface area contributed by atoms with E-state index in [1.54, 1.807) is 38.1 Å². The van der Waals surface area contributed by atoms with Crippen molar-refractivity contribution in [1.29, 1.82) is 0 Å². The maximum absolute atomic E-state index is 13.0. The number of benzene rings is 2. The van der Waals surface area contributed by atoms with E-state index in [0.717, 1.165) is 0 Å². The number of amides is 2. The fourth-order valence-corrected chi connectivity index (χ4v) is 2.36. The summed E-state index contributed by atoms with van der Waals surface area (Å²) < 4.78 is 13.0. The molecule has 1 unspecified atom stereocenters. The molecule has 0 heterocycles. The van der Waals surface area contributed by atoms with E-state index in [4.69, 9.17) is 11.6 Å². The number of hydrogen-bond acceptors (Lipinski definition) is 3. The molecule has 2 aromatic rings. The largest absolute Gasteiger partial charge is 0.340 e. The molecule has 5 nitrogen and oxygen atoms in total. The number of carbonyl (C=O) groups is 2. The van der Waals surface area contributed by atoms with Gasteiger partial charge < -0.3 is 5.32 Å². The van der Waals surface area contributed by atoms with Crippen LogP contribution in [0.2, 0.25) is 5.02 Å². The third kappa shape index (κ3) is 5.39. The smallest absolute Gasteiger partial charge is 0.262 e. The van der Waals surface area contributed by atoms with Crippen molar-refractivity contribution in [2.75, 3.05) is 0 Å². The first-order chi connectivity index (χ1) is 12.4. The lowest BCUT2D eigenvalue weighted by Crippen LogP contribution is -2.48. The molecule has 0 aliphatic heterocycles. The number of nitrogens with one attached hydrogen (secondary N) is 2. The van der Waals surface area contributed by atoms with Gasteiger partial charge >= 0.3 is 0 Å². The van der Waals surface area contributed by atoms with Gasteiger partial charge in [-0.25, -0.2) is 9.82 Å². The summed E-state index contributed by atoms with van der Waals surface area (Å²) in [4.78, 5) is 24.6. The van der Waals surface area contributed by atoms with Gasteiger partial charge in [-0.3, -0.25) is 9.59 Å². The van der Waals surface area contributed by atoms with Crippen LogP contribution in [0.1, 0.15) is 29.8 Å². The molecule has 0 saturated carbocycles. The molecule has 0 fully saturated rings. The minimum Gasteiger partial charge on any atom is -0.340 e. The summed E-state index contributed by atoms with van der Waals surface area (Å²) in [6, 6.07) is 11.4. The molecule has 2 aromatic carbocycles. The average Bonchev–Trinajstić information content (AvgIpc) is 2.61. The molecule has 0 aromatic heterocycles. The van der Waals surface area contributed by atoms with Crippen molar-refractivity contribution >= 4 is 29.6 Å². The predicted octanol–water partition coefficient (Wildman–Crippen LogP) is 3.38. The van der Waals surface area contributed by atoms with Crippen LogP contribution in [-0.4, -0.2) is 24.1 Å². The second-order valence-electron chi connectivity index (χ2n) is 5.96. The third-order valence-electron chi connectivity index (χ3n) is 3.63. The highest BCUT2D eigenvalue weighted by Gasteiger charge is 2.24. The topological polar surface area (TPSA) is 70.6 Å². The lowest BCUT2D eigenvalue weighted by Gasteiger charge is -2.20. The van der Waals surface area contributed by atoms with Crippen LogP contribution in [0.5, 0.6) is 0 Å². The third-order valence-corrected chi connectivity index (χ3v) is 3.97. The Hall–Kier alpha value is -2.73. The lowest BCUT2D eigenvalue weighted by atomic mass is 10.0. The van der Waals surface area contributed by atoms with E-state index in [9.17, 15) is 14.0 Å². The van der Waals surface area contributed by atoms with Crippen LogP contribution in [-0.2, 0) is 4.79 Å². The minimum absolute atomic E-state index is 0.171. The van der Waals surface area contributed by atoms with E-state index in [-0.39, 0.29) is 11.5 Å². The highest BCUT2D eigenvalue weighted by molar-refractivity contribution is 6.33. The van der Waals surface area contributed by atoms with E-state index < -0.39 is 23.7 Å². The highest BCUT2D eigenvalue weighted by Crippen LogP contribution is 2.12. The summed E-state index contributed by atoms with van der Waals surface area (Å²) >= 11 is 6.01. The molecule has 0 aliphatic carbocycles. The summed E-state index contributed by atoms with van der Waals surface area (Å²) in [5.74, 6) is -1.53. The van der Waals surface area contributed by atoms with Crippen molar-refractivity contribution in [3.8, 4) is 0 Å². The van der Waals surface area contributed by atoms with Gasteiger partial charge in [-0.15, -0.1) is 0 Å². The Balaban J connectivity index is 2.02. The average molecular weight is 376 g/mol. The van der Waals surface area contributed by atoms with Crippen molar-refractivity contribution < 1.29 is 14.0 Å². The standard InChI is InChI=1S/C19H19ClFN3O2/c1-12(2)17(23-18(25)13-7-9-15(21)10-8-13)19(26)24-22-11-14-5-3-4-6-16(14)20/h3-12,17H,1-2H3,(H,23,25)(H,24,26). The van der Waals surface area contributed by atoms with Crippen LogP contribution in [0.4, 0.5) is 4.39 Å². The summed E-state index contributed by atoms with van der Waals surface area (Å²) in [5.41, 5.74) is 3.33. The lowest BCUT2D eigenvalue weighted by molar-refractivity contribution is -0.123. The number of nitrogens with zero attached hydrogens (tertiary/aromatic N) is 1. The number of halogens is 2. The predicted molar refractivity (Wildman–Crippen MR) is 99.7 cm³/mol. The van der Waals surface area contributed by atoms with Gasteiger partial charge in [0, 0.05) is 16.1 Å². The second kappa shape index (κ2) is 9.10. The molecule has 0 aliphatic rings. The molecule has 2 amide bonds. The van der Waals surface area contributed by atoms with Crippen LogP contribution in [0, 0.1) is 11.7 Å². The van der Waals surface area contributed by atoms with E-state index in [0.29, 0.717) is 10.6 Å². The van der Waals surface area contributed by atoms with E-state index in [2.05, 4.69) is 15.8 Å². The number of hydrazone groups is 1. The molecule has 1 atom stereocenters. The maximum atomic E-state index is 13.0. The fourth-order valence-electron chi connectivity index (χ4n) is 2.18. The Morgan fingerprint density at radius 3 is 2.38 bits per heavy atom. The molecule has 7 heteroatoms. The quantitative estimate of drug-likeness (QED) is 0.600. The zero-order chi connectivity index (χ0) is 19.1. The van der Waals surface area contributed by atoms with Crippen molar-refractivity contribution in [2.24, 2.45) is 11.0 Å². The summed E-state index contributed by atoms with van der Waals surface area (Å²) in [6.45, 7) is 3.60. The molecule has 0 saturated heterocycles. The van der Waals surface area contributed by atoms with Crippen LogP contribution >= 0.6 is 11.6 Å². The highest BCUT2D eigenvalue weighted by atomic mass is 35.5. The van der Waals surface area contributed by atoms with Gasteiger partial charge in [0.05, 0.1) is 6.21 Å². The van der Waals surface area contributed by atoms with Crippen LogP contribution < -0.4 is 10.7 Å². The molecule has 2 rings (SSSR count). The number of rotatable bonds is 6. The first-order valence-corrected chi connectivity index (χ1v) is 8.40. The Morgan fingerprint density at radius 2 is 1.77 bits per heavy atom. The van der Waals surface area contributed by atoms with Gasteiger partial charge in [0.15, 0.2) is 0 Å². The number of hydrogen-bond donors (Lipinski definition) is 2. The SMILES string of the molecule is CC(C)C(NC(=O)c1ccc(F)cc1)C(=O)NN=Cc1ccccc1Cl. The van der Waals surface area contributed by atoms with E-state index in [1.807, 2.05) is 0 Å². The van der Waals surface area contributed by atoms with Gasteiger partial charge in [0.25, 0.3) is 11.8 Å². The molecule has 0 spiro atoms. The zero-order valence-electron chi connectivity index (χ0n) is 14.4. The molecule has 0 bridgehead atoms. The van der Waals surface area contributed by atoms with Crippen molar-refractivity contribution in [3.63, 3.8) is 0 Å². The summed E-state index contributed by atoms with van der Waals surface area (Å²) in [5, 5.41) is 7.04. The molecular formula is C19H19ClFN3O2. The number of carbonyl (C=O) groups excluding carboxylic acids is 2. The van der Waals surface area contributed by atoms with E-state index >= 15 is 0 Å². The van der Waals surface area contributed by atoms with E-state index in [1.165, 1.54) is 30.5 Å². The molecule has 136 valence electrons. The first-order valence-electron chi connectivity index (χ1n) is 8.02. The molecular weight excluding hydrogens is 357 g/mol.